The molecule has 1 aromatic heterocycles. The lowest BCUT2D eigenvalue weighted by atomic mass is 9.85. The van der Waals surface area contributed by atoms with Crippen molar-refractivity contribution in [2.45, 2.75) is 45.2 Å². The monoisotopic (exact) mass is 640 g/mol. The second kappa shape index (κ2) is 13.3. The normalized spacial score (nSPS) is 16.5. The van der Waals surface area contributed by atoms with Crippen LogP contribution in [0.15, 0.2) is 54.6 Å². The number of nitrogens with zero attached hydrogens (tertiary/aromatic N) is 1. The average molecular weight is 641 g/mol. The van der Waals surface area contributed by atoms with Gasteiger partial charge >= 0.3 is 6.09 Å². The minimum atomic E-state index is -1.08. The summed E-state index contributed by atoms with van der Waals surface area (Å²) in [5, 5.41) is 11.2. The van der Waals surface area contributed by atoms with Gasteiger partial charge in [0, 0.05) is 30.3 Å². The van der Waals surface area contributed by atoms with Crippen molar-refractivity contribution >= 4 is 50.8 Å². The van der Waals surface area contributed by atoms with Crippen LogP contribution in [0, 0.1) is 17.6 Å². The first-order valence-electron chi connectivity index (χ1n) is 14.2. The van der Waals surface area contributed by atoms with Gasteiger partial charge < -0.3 is 20.1 Å². The Morgan fingerprint density at radius 1 is 1.00 bits per heavy atom. The van der Waals surface area contributed by atoms with Gasteiger partial charge in [-0.1, -0.05) is 41.9 Å². The van der Waals surface area contributed by atoms with Crippen LogP contribution in [0.1, 0.15) is 58.2 Å². The molecule has 44 heavy (non-hydrogen) atoms. The fourth-order valence-electron chi connectivity index (χ4n) is 5.79. The molecule has 1 aliphatic rings. The fourth-order valence-corrected chi connectivity index (χ4v) is 7.29. The molecule has 0 unspecified atom stereocenters. The second-order valence-electron chi connectivity index (χ2n) is 10.9. The van der Waals surface area contributed by atoms with E-state index in [1.807, 2.05) is 30.3 Å². The molecule has 0 spiro atoms. The molecule has 1 aliphatic carbocycles. The van der Waals surface area contributed by atoms with Gasteiger partial charge in [0.15, 0.2) is 5.78 Å². The van der Waals surface area contributed by atoms with Crippen LogP contribution in [-0.2, 0) is 6.54 Å². The lowest BCUT2D eigenvalue weighted by molar-refractivity contribution is 0.0592. The Morgan fingerprint density at radius 2 is 1.66 bits per heavy atom. The van der Waals surface area contributed by atoms with Gasteiger partial charge in [-0.2, -0.15) is 0 Å². The molecule has 5 rings (SSSR count). The topological polar surface area (TPSA) is 95.9 Å². The lowest BCUT2D eigenvalue weighted by Gasteiger charge is -2.37. The van der Waals surface area contributed by atoms with E-state index in [1.165, 1.54) is 6.92 Å². The van der Waals surface area contributed by atoms with E-state index in [2.05, 4.69) is 5.32 Å². The number of ether oxygens (including phenoxy) is 1. The number of carbonyl (C=O) groups excluding carboxylic acids is 2. The standard InChI is InChI=1S/C33H31ClF2N2O5S/c1-18(39)20-5-7-21(8-6-20)22-9-14-27(43-2)23(15-22)17-38(24-10-3-19(4-11-24)16-37-33(41)42)32(40)31-29(34)28-25(35)12-13-26(36)30(28)44-31/h5-9,12-15,19,24,37H,3-4,10-11,16-17H2,1-2H3,(H,41,42). The maximum atomic E-state index is 14.7. The minimum absolute atomic E-state index is 0.0182. The van der Waals surface area contributed by atoms with E-state index in [-0.39, 0.29) is 44.3 Å². The molecule has 0 bridgehead atoms. The van der Waals surface area contributed by atoms with Crippen LogP contribution >= 0.6 is 22.9 Å². The number of methoxy groups -OCH3 is 1. The minimum Gasteiger partial charge on any atom is -0.496 e. The number of hydrogen-bond donors (Lipinski definition) is 2. The van der Waals surface area contributed by atoms with Crippen molar-refractivity contribution in [3.63, 3.8) is 0 Å². The van der Waals surface area contributed by atoms with Gasteiger partial charge in [-0.25, -0.2) is 13.6 Å². The summed E-state index contributed by atoms with van der Waals surface area (Å²) in [6.45, 7) is 1.97. The van der Waals surface area contributed by atoms with Gasteiger partial charge in [-0.15, -0.1) is 11.3 Å². The predicted octanol–water partition coefficient (Wildman–Crippen LogP) is 8.18. The SMILES string of the molecule is COc1ccc(-c2ccc(C(C)=O)cc2)cc1CN(C(=O)c1sc2c(F)ccc(F)c2c1Cl)C1CCC(CNC(=O)O)CC1. The molecule has 2 N–H and O–H groups in total. The third-order valence-corrected chi connectivity index (χ3v) is 9.86. The maximum absolute atomic E-state index is 14.7. The summed E-state index contributed by atoms with van der Waals surface area (Å²) < 4.78 is 35.0. The number of halogens is 3. The number of benzene rings is 3. The summed E-state index contributed by atoms with van der Waals surface area (Å²) >= 11 is 7.38. The average Bonchev–Trinajstić information content (AvgIpc) is 3.38. The molecule has 2 amide bonds. The van der Waals surface area contributed by atoms with Gasteiger partial charge in [0.2, 0.25) is 0 Å². The predicted molar refractivity (Wildman–Crippen MR) is 167 cm³/mol. The summed E-state index contributed by atoms with van der Waals surface area (Å²) in [6.07, 6.45) is 1.52. The Morgan fingerprint density at radius 3 is 2.27 bits per heavy atom. The number of thiophene rings is 1. The fraction of sp³-hybridized carbons (Fsp3) is 0.303. The molecule has 230 valence electrons. The zero-order valence-corrected chi connectivity index (χ0v) is 25.7. The molecular formula is C33H31ClF2N2O5S. The van der Waals surface area contributed by atoms with E-state index in [1.54, 1.807) is 24.1 Å². The molecule has 1 fully saturated rings. The molecule has 0 radical (unpaired) electrons. The van der Waals surface area contributed by atoms with Crippen molar-refractivity contribution in [1.82, 2.24) is 10.2 Å². The van der Waals surface area contributed by atoms with E-state index < -0.39 is 23.6 Å². The smallest absolute Gasteiger partial charge is 0.404 e. The largest absolute Gasteiger partial charge is 0.496 e. The highest BCUT2D eigenvalue weighted by atomic mass is 35.5. The number of amides is 2. The molecule has 11 heteroatoms. The number of hydrogen-bond acceptors (Lipinski definition) is 5. The number of Topliss-reactive ketones (excluding diaryl/α,β-unsaturated/α-hetero) is 1. The molecular weight excluding hydrogens is 610 g/mol. The van der Waals surface area contributed by atoms with Crippen molar-refractivity contribution in [2.75, 3.05) is 13.7 Å². The van der Waals surface area contributed by atoms with Crippen LogP contribution in [0.25, 0.3) is 21.2 Å². The molecule has 0 saturated heterocycles. The van der Waals surface area contributed by atoms with E-state index in [0.717, 1.165) is 40.2 Å². The Labute approximate surface area is 262 Å². The van der Waals surface area contributed by atoms with Crippen LogP contribution < -0.4 is 10.1 Å². The van der Waals surface area contributed by atoms with E-state index in [9.17, 15) is 23.2 Å². The Balaban J connectivity index is 1.51. The summed E-state index contributed by atoms with van der Waals surface area (Å²) in [5.41, 5.74) is 3.05. The summed E-state index contributed by atoms with van der Waals surface area (Å²) in [7, 11) is 1.54. The Bertz CT molecular complexity index is 1720. The van der Waals surface area contributed by atoms with E-state index >= 15 is 0 Å². The molecule has 4 aromatic rings. The first-order valence-corrected chi connectivity index (χ1v) is 15.4. The molecule has 1 saturated carbocycles. The highest BCUT2D eigenvalue weighted by molar-refractivity contribution is 7.21. The second-order valence-corrected chi connectivity index (χ2v) is 12.3. The van der Waals surface area contributed by atoms with Gasteiger partial charge in [-0.05, 0) is 73.9 Å². The summed E-state index contributed by atoms with van der Waals surface area (Å²) in [6, 6.07) is 14.7. The molecule has 1 heterocycles. The molecule has 0 aliphatic heterocycles. The van der Waals surface area contributed by atoms with Crippen molar-refractivity contribution in [1.29, 1.82) is 0 Å². The Kier molecular flexibility index (Phi) is 9.51. The third-order valence-electron chi connectivity index (χ3n) is 8.18. The van der Waals surface area contributed by atoms with Gasteiger partial charge in [-0.3, -0.25) is 9.59 Å². The van der Waals surface area contributed by atoms with Crippen LogP contribution in [0.2, 0.25) is 5.02 Å². The van der Waals surface area contributed by atoms with Gasteiger partial charge in [0.05, 0.1) is 22.2 Å². The molecule has 7 nitrogen and oxygen atoms in total. The first-order chi connectivity index (χ1) is 21.1. The van der Waals surface area contributed by atoms with Crippen molar-refractivity contribution < 1.29 is 33.0 Å². The van der Waals surface area contributed by atoms with Crippen LogP contribution in [0.3, 0.4) is 0 Å². The van der Waals surface area contributed by atoms with Crippen LogP contribution in [0.4, 0.5) is 13.6 Å². The van der Waals surface area contributed by atoms with E-state index in [4.69, 9.17) is 21.4 Å². The number of fused-ring (bicyclic) bond motifs is 1. The van der Waals surface area contributed by atoms with Crippen molar-refractivity contribution in [3.05, 3.63) is 87.3 Å². The summed E-state index contributed by atoms with van der Waals surface area (Å²) in [4.78, 5) is 38.8. The summed E-state index contributed by atoms with van der Waals surface area (Å²) in [5.74, 6) is -1.15. The van der Waals surface area contributed by atoms with Gasteiger partial charge in [0.25, 0.3) is 5.91 Å². The van der Waals surface area contributed by atoms with Crippen LogP contribution in [0.5, 0.6) is 5.75 Å². The third kappa shape index (κ3) is 6.56. The highest BCUT2D eigenvalue weighted by Crippen LogP contribution is 2.41. The van der Waals surface area contributed by atoms with Crippen molar-refractivity contribution in [2.24, 2.45) is 5.92 Å². The van der Waals surface area contributed by atoms with Crippen molar-refractivity contribution in [3.8, 4) is 16.9 Å². The lowest BCUT2D eigenvalue weighted by Crippen LogP contribution is -2.43. The number of nitrogens with one attached hydrogen (secondary N) is 1. The highest BCUT2D eigenvalue weighted by Gasteiger charge is 2.33. The number of carboxylic acid groups (broad SMARTS) is 1. The zero-order valence-electron chi connectivity index (χ0n) is 24.2. The maximum Gasteiger partial charge on any atom is 0.404 e. The number of carbonyl (C=O) groups is 3. The van der Waals surface area contributed by atoms with Gasteiger partial charge in [0.1, 0.15) is 22.3 Å². The Hall–Kier alpha value is -4.02. The zero-order chi connectivity index (χ0) is 31.5. The number of rotatable bonds is 9. The van der Waals surface area contributed by atoms with E-state index in [0.29, 0.717) is 43.5 Å². The molecule has 0 atom stereocenters. The van der Waals surface area contributed by atoms with Crippen LogP contribution in [-0.4, -0.2) is 47.5 Å². The number of ketones is 1. The quantitative estimate of drug-likeness (QED) is 0.180. The first kappa shape index (κ1) is 31.4. The molecule has 3 aromatic carbocycles.